The summed E-state index contributed by atoms with van der Waals surface area (Å²) in [4.78, 5) is 6.68. The molecule has 0 bridgehead atoms. The summed E-state index contributed by atoms with van der Waals surface area (Å²) in [5.74, 6) is 0.546. The van der Waals surface area contributed by atoms with E-state index in [1.54, 1.807) is 0 Å². The first-order chi connectivity index (χ1) is 8.04. The Morgan fingerprint density at radius 3 is 2.71 bits per heavy atom. The zero-order valence-corrected chi connectivity index (χ0v) is 11.0. The predicted molar refractivity (Wildman–Crippen MR) is 68.8 cm³/mol. The summed E-state index contributed by atoms with van der Waals surface area (Å²) in [6.45, 7) is 5.68. The number of pyridine rings is 1. The summed E-state index contributed by atoms with van der Waals surface area (Å²) in [7, 11) is 2.05. The van der Waals surface area contributed by atoms with Crippen LogP contribution in [0.1, 0.15) is 29.8 Å². The SMILES string of the molecule is Cc1cc(C)nc(CN(C)CC(O)C2CC2)c1. The van der Waals surface area contributed by atoms with Crippen molar-refractivity contribution in [2.75, 3.05) is 13.6 Å². The lowest BCUT2D eigenvalue weighted by atomic mass is 10.2. The molecule has 3 heteroatoms. The van der Waals surface area contributed by atoms with Crippen LogP contribution in [-0.4, -0.2) is 34.7 Å². The average molecular weight is 234 g/mol. The van der Waals surface area contributed by atoms with Crippen molar-refractivity contribution in [2.24, 2.45) is 5.92 Å². The Balaban J connectivity index is 1.90. The van der Waals surface area contributed by atoms with E-state index in [0.717, 1.165) is 24.5 Å². The molecule has 1 unspecified atom stereocenters. The zero-order chi connectivity index (χ0) is 12.4. The van der Waals surface area contributed by atoms with Gasteiger partial charge in [0, 0.05) is 18.8 Å². The third-order valence-electron chi connectivity index (χ3n) is 3.25. The predicted octanol–water partition coefficient (Wildman–Crippen LogP) is 1.90. The van der Waals surface area contributed by atoms with Crippen LogP contribution < -0.4 is 0 Å². The van der Waals surface area contributed by atoms with Gasteiger partial charge in [0.15, 0.2) is 0 Å². The number of aliphatic hydroxyl groups is 1. The number of nitrogens with zero attached hydrogens (tertiary/aromatic N) is 2. The number of aromatic nitrogens is 1. The molecule has 0 aromatic carbocycles. The first-order valence-electron chi connectivity index (χ1n) is 6.35. The summed E-state index contributed by atoms with van der Waals surface area (Å²) in [5, 5.41) is 9.88. The molecular formula is C14H22N2O. The minimum Gasteiger partial charge on any atom is -0.392 e. The summed E-state index contributed by atoms with van der Waals surface area (Å²) < 4.78 is 0. The quantitative estimate of drug-likeness (QED) is 0.845. The molecule has 1 aliphatic rings. The second-order valence-electron chi connectivity index (χ2n) is 5.38. The van der Waals surface area contributed by atoms with Crippen LogP contribution in [0.2, 0.25) is 0 Å². The summed E-state index contributed by atoms with van der Waals surface area (Å²) in [6, 6.07) is 4.20. The van der Waals surface area contributed by atoms with Crippen LogP contribution in [0.5, 0.6) is 0 Å². The first kappa shape index (κ1) is 12.5. The second kappa shape index (κ2) is 5.15. The first-order valence-corrected chi connectivity index (χ1v) is 6.35. The van der Waals surface area contributed by atoms with Gasteiger partial charge in [-0.15, -0.1) is 0 Å². The maximum atomic E-state index is 9.88. The molecule has 0 spiro atoms. The Bertz CT molecular complexity index is 368. The van der Waals surface area contributed by atoms with Gasteiger partial charge in [0.1, 0.15) is 0 Å². The van der Waals surface area contributed by atoms with Gasteiger partial charge >= 0.3 is 0 Å². The minimum absolute atomic E-state index is 0.161. The molecule has 2 rings (SSSR count). The van der Waals surface area contributed by atoms with E-state index in [-0.39, 0.29) is 6.10 Å². The number of rotatable bonds is 5. The fourth-order valence-corrected chi connectivity index (χ4v) is 2.30. The van der Waals surface area contributed by atoms with Crippen LogP contribution in [0.4, 0.5) is 0 Å². The molecule has 1 aliphatic carbocycles. The van der Waals surface area contributed by atoms with Crippen LogP contribution in [0, 0.1) is 19.8 Å². The summed E-state index contributed by atoms with van der Waals surface area (Å²) in [5.41, 5.74) is 3.41. The lowest BCUT2D eigenvalue weighted by Crippen LogP contribution is -2.30. The largest absolute Gasteiger partial charge is 0.392 e. The normalized spacial score (nSPS) is 17.5. The molecule has 1 heterocycles. The van der Waals surface area contributed by atoms with Gasteiger partial charge in [-0.25, -0.2) is 0 Å². The standard InChI is InChI=1S/C14H22N2O/c1-10-6-11(2)15-13(7-10)8-16(3)9-14(17)12-4-5-12/h6-7,12,14,17H,4-5,8-9H2,1-3H3. The lowest BCUT2D eigenvalue weighted by molar-refractivity contribution is 0.104. The molecule has 0 saturated heterocycles. The monoisotopic (exact) mass is 234 g/mol. The highest BCUT2D eigenvalue weighted by Crippen LogP contribution is 2.32. The van der Waals surface area contributed by atoms with Crippen LogP contribution in [0.3, 0.4) is 0 Å². The van der Waals surface area contributed by atoms with E-state index in [2.05, 4.69) is 28.9 Å². The fourth-order valence-electron chi connectivity index (χ4n) is 2.30. The smallest absolute Gasteiger partial charge is 0.0695 e. The van der Waals surface area contributed by atoms with Crippen LogP contribution in [0.25, 0.3) is 0 Å². The van der Waals surface area contributed by atoms with Gasteiger partial charge in [0.2, 0.25) is 0 Å². The molecule has 1 N–H and O–H groups in total. The maximum Gasteiger partial charge on any atom is 0.0695 e. The Hall–Kier alpha value is -0.930. The van der Waals surface area contributed by atoms with Crippen molar-refractivity contribution in [2.45, 2.75) is 39.3 Å². The Labute approximate surface area is 103 Å². The van der Waals surface area contributed by atoms with Crippen molar-refractivity contribution in [1.29, 1.82) is 0 Å². The van der Waals surface area contributed by atoms with Gasteiger partial charge in [0.05, 0.1) is 11.8 Å². The van der Waals surface area contributed by atoms with Crippen LogP contribution in [-0.2, 0) is 6.54 Å². The van der Waals surface area contributed by atoms with Crippen LogP contribution in [0.15, 0.2) is 12.1 Å². The van der Waals surface area contributed by atoms with Crippen molar-refractivity contribution < 1.29 is 5.11 Å². The number of likely N-dealkylation sites (N-methyl/N-ethyl adjacent to an activating group) is 1. The average Bonchev–Trinajstić information content (AvgIpc) is 2.97. The fraction of sp³-hybridized carbons (Fsp3) is 0.643. The summed E-state index contributed by atoms with van der Waals surface area (Å²) >= 11 is 0. The van der Waals surface area contributed by atoms with Crippen molar-refractivity contribution >= 4 is 0 Å². The van der Waals surface area contributed by atoms with Crippen molar-refractivity contribution in [3.8, 4) is 0 Å². The topological polar surface area (TPSA) is 36.4 Å². The van der Waals surface area contributed by atoms with Crippen molar-refractivity contribution in [3.63, 3.8) is 0 Å². The number of aryl methyl sites for hydroxylation is 2. The molecule has 94 valence electrons. The highest BCUT2D eigenvalue weighted by Gasteiger charge is 2.30. The maximum absolute atomic E-state index is 9.88. The Morgan fingerprint density at radius 1 is 1.41 bits per heavy atom. The van der Waals surface area contributed by atoms with Crippen molar-refractivity contribution in [3.05, 3.63) is 29.1 Å². The number of aliphatic hydroxyl groups excluding tert-OH is 1. The van der Waals surface area contributed by atoms with Gasteiger partial charge in [-0.3, -0.25) is 9.88 Å². The van der Waals surface area contributed by atoms with Gasteiger partial charge < -0.3 is 5.11 Å². The lowest BCUT2D eigenvalue weighted by Gasteiger charge is -2.20. The molecule has 3 nitrogen and oxygen atoms in total. The van der Waals surface area contributed by atoms with Crippen molar-refractivity contribution in [1.82, 2.24) is 9.88 Å². The second-order valence-corrected chi connectivity index (χ2v) is 5.38. The molecule has 0 amide bonds. The van der Waals surface area contributed by atoms with E-state index in [9.17, 15) is 5.11 Å². The van der Waals surface area contributed by atoms with Gasteiger partial charge in [0.25, 0.3) is 0 Å². The molecule has 1 atom stereocenters. The zero-order valence-electron chi connectivity index (χ0n) is 11.0. The third-order valence-corrected chi connectivity index (χ3v) is 3.25. The van der Waals surface area contributed by atoms with E-state index in [1.807, 2.05) is 14.0 Å². The molecule has 1 aromatic rings. The minimum atomic E-state index is -0.161. The van der Waals surface area contributed by atoms with E-state index in [0.29, 0.717) is 5.92 Å². The molecular weight excluding hydrogens is 212 g/mol. The van der Waals surface area contributed by atoms with Gasteiger partial charge in [-0.1, -0.05) is 0 Å². The summed E-state index contributed by atoms with van der Waals surface area (Å²) in [6.07, 6.45) is 2.22. The molecule has 0 radical (unpaired) electrons. The van der Waals surface area contributed by atoms with E-state index in [4.69, 9.17) is 0 Å². The molecule has 17 heavy (non-hydrogen) atoms. The molecule has 0 aliphatic heterocycles. The number of hydrogen-bond donors (Lipinski definition) is 1. The van der Waals surface area contributed by atoms with Crippen LogP contribution >= 0.6 is 0 Å². The van der Waals surface area contributed by atoms with Gasteiger partial charge in [-0.2, -0.15) is 0 Å². The highest BCUT2D eigenvalue weighted by molar-refractivity contribution is 5.19. The number of hydrogen-bond acceptors (Lipinski definition) is 3. The Morgan fingerprint density at radius 2 is 2.12 bits per heavy atom. The molecule has 1 saturated carbocycles. The van der Waals surface area contributed by atoms with E-state index in [1.165, 1.54) is 18.4 Å². The Kier molecular flexibility index (Phi) is 3.79. The van der Waals surface area contributed by atoms with Gasteiger partial charge in [-0.05, 0) is 57.4 Å². The molecule has 1 aromatic heterocycles. The van der Waals surface area contributed by atoms with E-state index >= 15 is 0 Å². The van der Waals surface area contributed by atoms with E-state index < -0.39 is 0 Å². The third kappa shape index (κ3) is 3.79. The highest BCUT2D eigenvalue weighted by atomic mass is 16.3. The molecule has 1 fully saturated rings.